The summed E-state index contributed by atoms with van der Waals surface area (Å²) in [4.78, 5) is 5.33. The van der Waals surface area contributed by atoms with E-state index in [1.54, 1.807) is 0 Å². The molecule has 0 aliphatic carbocycles. The number of rotatable bonds is 4. The van der Waals surface area contributed by atoms with E-state index in [-0.39, 0.29) is 0 Å². The molecule has 2 aliphatic rings. The summed E-state index contributed by atoms with van der Waals surface area (Å²) >= 11 is 0. The molecule has 4 nitrogen and oxygen atoms in total. The number of para-hydroxylation sites is 1. The van der Waals surface area contributed by atoms with Crippen LogP contribution in [0.2, 0.25) is 0 Å². The molecule has 2 saturated heterocycles. The number of fused-ring (bicyclic) bond motifs is 3. The third-order valence-corrected chi connectivity index (χ3v) is 7.08. The average molecular weight is 406 g/mol. The zero-order chi connectivity index (χ0) is 20.7. The number of hydrogen-bond donors (Lipinski definition) is 0. The van der Waals surface area contributed by atoms with Crippen LogP contribution in [0.1, 0.15) is 39.2 Å². The van der Waals surface area contributed by atoms with E-state index in [1.807, 2.05) is 0 Å². The van der Waals surface area contributed by atoms with Gasteiger partial charge in [-0.15, -0.1) is 0 Å². The number of ether oxygens (including phenoxy) is 1. The van der Waals surface area contributed by atoms with Crippen molar-refractivity contribution in [1.29, 1.82) is 0 Å². The maximum absolute atomic E-state index is 5.93. The summed E-state index contributed by atoms with van der Waals surface area (Å²) < 4.78 is 8.36. The quantitative estimate of drug-likeness (QED) is 0.617. The van der Waals surface area contributed by atoms with Crippen LogP contribution in [0.3, 0.4) is 0 Å². The lowest BCUT2D eigenvalue weighted by Gasteiger charge is -2.43. The molecule has 3 aromatic rings. The van der Waals surface area contributed by atoms with Crippen LogP contribution in [0.5, 0.6) is 0 Å². The molecule has 4 heteroatoms. The number of aromatic nitrogens is 1. The van der Waals surface area contributed by atoms with Gasteiger partial charge in [0, 0.05) is 54.0 Å². The third kappa shape index (κ3) is 3.77. The molecule has 1 aromatic heterocycles. The van der Waals surface area contributed by atoms with Crippen molar-refractivity contribution in [3.05, 3.63) is 48.0 Å². The van der Waals surface area contributed by atoms with E-state index in [4.69, 9.17) is 4.74 Å². The van der Waals surface area contributed by atoms with E-state index in [0.717, 1.165) is 32.2 Å². The normalized spacial score (nSPS) is 24.8. The van der Waals surface area contributed by atoms with Crippen molar-refractivity contribution in [2.45, 2.75) is 65.0 Å². The maximum atomic E-state index is 5.93. The molecule has 3 heterocycles. The second kappa shape index (κ2) is 8.33. The standard InChI is InChI=1S/C26H35N3O/c1-4-29-25-8-6-5-7-23(25)24-15-21(9-10-26(24)29)18-27-13-11-22(12-14-27)28-16-19(2)30-20(3)17-28/h5-10,15,19-20,22H,4,11-14,16-18H2,1-3H3/t19-,20-/m0/s1. The molecule has 0 bridgehead atoms. The Bertz CT molecular complexity index is 1010. The van der Waals surface area contributed by atoms with Crippen LogP contribution < -0.4 is 0 Å². The number of morpholine rings is 1. The van der Waals surface area contributed by atoms with E-state index in [0.29, 0.717) is 12.2 Å². The second-order valence-electron chi connectivity index (χ2n) is 9.33. The van der Waals surface area contributed by atoms with Crippen molar-refractivity contribution >= 4 is 21.8 Å². The van der Waals surface area contributed by atoms with E-state index in [1.165, 1.54) is 53.3 Å². The fraction of sp³-hybridized carbons (Fsp3) is 0.538. The summed E-state index contributed by atoms with van der Waals surface area (Å²) in [6.45, 7) is 13.3. The van der Waals surface area contributed by atoms with E-state index >= 15 is 0 Å². The Kier molecular flexibility index (Phi) is 5.57. The van der Waals surface area contributed by atoms with E-state index in [9.17, 15) is 0 Å². The van der Waals surface area contributed by atoms with Gasteiger partial charge in [0.25, 0.3) is 0 Å². The van der Waals surface area contributed by atoms with Gasteiger partial charge in [0.05, 0.1) is 12.2 Å². The van der Waals surface area contributed by atoms with Gasteiger partial charge in [-0.3, -0.25) is 9.80 Å². The van der Waals surface area contributed by atoms with Crippen LogP contribution in [-0.4, -0.2) is 58.8 Å². The Balaban J connectivity index is 1.28. The van der Waals surface area contributed by atoms with Gasteiger partial charge in [0.1, 0.15) is 0 Å². The van der Waals surface area contributed by atoms with Crippen LogP contribution in [0, 0.1) is 0 Å². The molecular weight excluding hydrogens is 370 g/mol. The number of hydrogen-bond acceptors (Lipinski definition) is 3. The number of piperidine rings is 1. The molecule has 2 aromatic carbocycles. The SMILES string of the molecule is CCn1c2ccccc2c2cc(CN3CCC(N4C[C@H](C)O[C@@H](C)C4)CC3)ccc21. The minimum absolute atomic E-state index is 0.365. The van der Waals surface area contributed by atoms with Crippen molar-refractivity contribution < 1.29 is 4.74 Å². The fourth-order valence-electron chi connectivity index (χ4n) is 5.76. The van der Waals surface area contributed by atoms with Crippen LogP contribution in [0.4, 0.5) is 0 Å². The summed E-state index contributed by atoms with van der Waals surface area (Å²) in [5.41, 5.74) is 4.15. The third-order valence-electron chi connectivity index (χ3n) is 7.08. The lowest BCUT2D eigenvalue weighted by Crippen LogP contribution is -2.53. The van der Waals surface area contributed by atoms with Crippen molar-refractivity contribution in [1.82, 2.24) is 14.4 Å². The molecule has 2 aliphatic heterocycles. The topological polar surface area (TPSA) is 20.6 Å². The molecule has 0 saturated carbocycles. The molecular formula is C26H35N3O. The molecule has 0 unspecified atom stereocenters. The first kappa shape index (κ1) is 20.0. The maximum Gasteiger partial charge on any atom is 0.0678 e. The minimum atomic E-state index is 0.365. The first-order valence-corrected chi connectivity index (χ1v) is 11.7. The number of nitrogens with zero attached hydrogens (tertiary/aromatic N) is 3. The predicted octanol–water partition coefficient (Wildman–Crippen LogP) is 4.89. The van der Waals surface area contributed by atoms with Crippen LogP contribution in [-0.2, 0) is 17.8 Å². The Labute approximate surface area is 180 Å². The summed E-state index contributed by atoms with van der Waals surface area (Å²) in [5, 5.41) is 2.78. The average Bonchev–Trinajstić information content (AvgIpc) is 3.07. The van der Waals surface area contributed by atoms with Crippen LogP contribution in [0.15, 0.2) is 42.5 Å². The lowest BCUT2D eigenvalue weighted by atomic mass is 10.0. The van der Waals surface area contributed by atoms with Gasteiger partial charge in [-0.05, 0) is 70.5 Å². The molecule has 0 amide bonds. The molecule has 2 atom stereocenters. The molecule has 0 N–H and O–H groups in total. The van der Waals surface area contributed by atoms with Crippen molar-refractivity contribution in [3.63, 3.8) is 0 Å². The molecule has 0 spiro atoms. The highest BCUT2D eigenvalue weighted by molar-refractivity contribution is 6.08. The van der Waals surface area contributed by atoms with Crippen LogP contribution in [0.25, 0.3) is 21.8 Å². The summed E-state index contributed by atoms with van der Waals surface area (Å²) in [7, 11) is 0. The summed E-state index contributed by atoms with van der Waals surface area (Å²) in [5.74, 6) is 0. The summed E-state index contributed by atoms with van der Waals surface area (Å²) in [6, 6.07) is 16.6. The van der Waals surface area contributed by atoms with Crippen molar-refractivity contribution in [3.8, 4) is 0 Å². The minimum Gasteiger partial charge on any atom is -0.373 e. The highest BCUT2D eigenvalue weighted by Gasteiger charge is 2.30. The Hall–Kier alpha value is -1.88. The first-order valence-electron chi connectivity index (χ1n) is 11.7. The van der Waals surface area contributed by atoms with Gasteiger partial charge in [0.15, 0.2) is 0 Å². The van der Waals surface area contributed by atoms with Gasteiger partial charge in [-0.1, -0.05) is 24.3 Å². The number of benzene rings is 2. The summed E-state index contributed by atoms with van der Waals surface area (Å²) in [6.07, 6.45) is 3.28. The molecule has 160 valence electrons. The number of aryl methyl sites for hydroxylation is 1. The largest absolute Gasteiger partial charge is 0.373 e. The molecule has 0 radical (unpaired) electrons. The van der Waals surface area contributed by atoms with Crippen LogP contribution >= 0.6 is 0 Å². The highest BCUT2D eigenvalue weighted by Crippen LogP contribution is 2.30. The van der Waals surface area contributed by atoms with Gasteiger partial charge in [-0.2, -0.15) is 0 Å². The first-order chi connectivity index (χ1) is 14.6. The number of likely N-dealkylation sites (tertiary alicyclic amines) is 1. The zero-order valence-corrected chi connectivity index (χ0v) is 18.7. The van der Waals surface area contributed by atoms with Crippen molar-refractivity contribution in [2.24, 2.45) is 0 Å². The molecule has 2 fully saturated rings. The van der Waals surface area contributed by atoms with Gasteiger partial charge in [-0.25, -0.2) is 0 Å². The highest BCUT2D eigenvalue weighted by atomic mass is 16.5. The van der Waals surface area contributed by atoms with Gasteiger partial charge in [0.2, 0.25) is 0 Å². The Morgan fingerprint density at radius 3 is 2.33 bits per heavy atom. The van der Waals surface area contributed by atoms with Crippen molar-refractivity contribution in [2.75, 3.05) is 26.2 Å². The Morgan fingerprint density at radius 1 is 0.900 bits per heavy atom. The van der Waals surface area contributed by atoms with Gasteiger partial charge < -0.3 is 9.30 Å². The van der Waals surface area contributed by atoms with Gasteiger partial charge >= 0.3 is 0 Å². The molecule has 5 rings (SSSR count). The fourth-order valence-corrected chi connectivity index (χ4v) is 5.76. The van der Waals surface area contributed by atoms with E-state index in [2.05, 4.69) is 77.6 Å². The Morgan fingerprint density at radius 2 is 1.60 bits per heavy atom. The smallest absolute Gasteiger partial charge is 0.0678 e. The monoisotopic (exact) mass is 405 g/mol. The molecule has 30 heavy (non-hydrogen) atoms. The lowest BCUT2D eigenvalue weighted by molar-refractivity contribution is -0.0865. The predicted molar refractivity (Wildman–Crippen MR) is 125 cm³/mol. The zero-order valence-electron chi connectivity index (χ0n) is 18.7. The second-order valence-corrected chi connectivity index (χ2v) is 9.33. The van der Waals surface area contributed by atoms with E-state index < -0.39 is 0 Å².